The van der Waals surface area contributed by atoms with Gasteiger partial charge in [-0.15, -0.1) is 0 Å². The fourth-order valence-corrected chi connectivity index (χ4v) is 4.66. The quantitative estimate of drug-likeness (QED) is 0.663. The number of benzene rings is 1. The van der Waals surface area contributed by atoms with Crippen molar-refractivity contribution in [3.63, 3.8) is 0 Å². The molecule has 0 bridgehead atoms. The number of rotatable bonds is 7. The van der Waals surface area contributed by atoms with Gasteiger partial charge >= 0.3 is 6.09 Å². The third-order valence-corrected chi connectivity index (χ3v) is 5.00. The van der Waals surface area contributed by atoms with E-state index in [0.717, 1.165) is 0 Å². The van der Waals surface area contributed by atoms with Crippen LogP contribution in [0.5, 0.6) is 5.75 Å². The summed E-state index contributed by atoms with van der Waals surface area (Å²) in [7, 11) is -1.38. The summed E-state index contributed by atoms with van der Waals surface area (Å²) in [5.74, 6) is 0.0587. The molecule has 1 aromatic carbocycles. The van der Waals surface area contributed by atoms with Crippen LogP contribution in [0.2, 0.25) is 13.1 Å². The number of nitrogens with zero attached hydrogens (tertiary/aromatic N) is 1. The molecule has 26 heavy (non-hydrogen) atoms. The minimum Gasteiger partial charge on any atom is -0.490 e. The van der Waals surface area contributed by atoms with E-state index in [0.29, 0.717) is 18.7 Å². The highest BCUT2D eigenvalue weighted by Gasteiger charge is 2.46. The Morgan fingerprint density at radius 1 is 1.31 bits per heavy atom. The van der Waals surface area contributed by atoms with Crippen molar-refractivity contribution in [2.75, 3.05) is 13.2 Å². The van der Waals surface area contributed by atoms with Crippen LogP contribution in [0.25, 0.3) is 0 Å². The Hall–Kier alpha value is -1.60. The van der Waals surface area contributed by atoms with E-state index in [-0.39, 0.29) is 23.9 Å². The van der Waals surface area contributed by atoms with Crippen LogP contribution in [0.15, 0.2) is 24.3 Å². The summed E-state index contributed by atoms with van der Waals surface area (Å²) in [6.07, 6.45) is -0.0978. The molecule has 1 amide bonds. The molecule has 0 N–H and O–H groups in total. The Labute approximate surface area is 157 Å². The smallest absolute Gasteiger partial charge is 0.412 e. The van der Waals surface area contributed by atoms with Gasteiger partial charge in [-0.05, 0) is 44.0 Å². The molecular formula is C19H30FNO4Si. The summed E-state index contributed by atoms with van der Waals surface area (Å²) in [5.41, 5.74) is -0.711. The van der Waals surface area contributed by atoms with E-state index in [2.05, 4.69) is 33.9 Å². The zero-order chi connectivity index (χ0) is 19.5. The van der Waals surface area contributed by atoms with E-state index in [1.54, 1.807) is 17.0 Å². The Bertz CT molecular complexity index is 634. The standard InChI is InChI=1S/C19H30FNO4Si/c1-18(2,3)13-19(4,25-26(5)6)21-11-16(24-17(21)22)12-23-15-9-7-8-14(20)10-15/h7-10,16,26H,11-13H2,1-6H3. The second-order valence-corrected chi connectivity index (χ2v) is 10.8. The van der Waals surface area contributed by atoms with Crippen LogP contribution in [-0.4, -0.2) is 45.0 Å². The molecule has 1 aliphatic rings. The first-order valence-corrected chi connectivity index (χ1v) is 11.8. The van der Waals surface area contributed by atoms with E-state index in [1.807, 2.05) is 6.92 Å². The Balaban J connectivity index is 2.05. The summed E-state index contributed by atoms with van der Waals surface area (Å²) in [5, 5.41) is 0. The SMILES string of the molecule is C[SiH](C)OC(C)(CC(C)(C)C)N1CC(COc2cccc(F)c2)OC1=O. The fraction of sp³-hybridized carbons (Fsp3) is 0.632. The first-order valence-electron chi connectivity index (χ1n) is 9.03. The number of cyclic esters (lactones) is 1. The van der Waals surface area contributed by atoms with Crippen LogP contribution < -0.4 is 4.74 Å². The monoisotopic (exact) mass is 383 g/mol. The average Bonchev–Trinajstić information content (AvgIpc) is 2.84. The Kier molecular flexibility index (Phi) is 6.34. The van der Waals surface area contributed by atoms with Gasteiger partial charge in [-0.25, -0.2) is 9.18 Å². The minimum atomic E-state index is -1.38. The number of amides is 1. The molecule has 2 atom stereocenters. The molecule has 1 aliphatic heterocycles. The molecule has 146 valence electrons. The molecule has 2 rings (SSSR count). The molecule has 2 unspecified atom stereocenters. The van der Waals surface area contributed by atoms with E-state index in [9.17, 15) is 9.18 Å². The van der Waals surface area contributed by atoms with Crippen molar-refractivity contribution < 1.29 is 23.1 Å². The van der Waals surface area contributed by atoms with Gasteiger partial charge in [0.05, 0.1) is 6.54 Å². The number of hydrogen-bond acceptors (Lipinski definition) is 4. The number of halogens is 1. The minimum absolute atomic E-state index is 0.00548. The second-order valence-electron chi connectivity index (χ2n) is 8.46. The van der Waals surface area contributed by atoms with Crippen LogP contribution in [0.4, 0.5) is 9.18 Å². The van der Waals surface area contributed by atoms with Gasteiger partial charge < -0.3 is 13.9 Å². The zero-order valence-corrected chi connectivity index (χ0v) is 17.7. The maximum atomic E-state index is 13.2. The molecule has 1 fully saturated rings. The lowest BCUT2D eigenvalue weighted by atomic mass is 9.86. The van der Waals surface area contributed by atoms with Crippen molar-refractivity contribution in [1.29, 1.82) is 0 Å². The highest BCUT2D eigenvalue weighted by molar-refractivity contribution is 6.48. The van der Waals surface area contributed by atoms with Crippen molar-refractivity contribution >= 4 is 15.1 Å². The second kappa shape index (κ2) is 7.96. The van der Waals surface area contributed by atoms with E-state index >= 15 is 0 Å². The number of hydrogen-bond donors (Lipinski definition) is 0. The van der Waals surface area contributed by atoms with Gasteiger partial charge in [0.1, 0.15) is 23.9 Å². The molecular weight excluding hydrogens is 353 g/mol. The highest BCUT2D eigenvalue weighted by Crippen LogP contribution is 2.35. The number of carbonyl (C=O) groups excluding carboxylic acids is 1. The van der Waals surface area contributed by atoms with Crippen LogP contribution in [0.3, 0.4) is 0 Å². The summed E-state index contributed by atoms with van der Waals surface area (Å²) in [4.78, 5) is 14.2. The van der Waals surface area contributed by atoms with Crippen molar-refractivity contribution in [3.8, 4) is 5.75 Å². The molecule has 7 heteroatoms. The summed E-state index contributed by atoms with van der Waals surface area (Å²) >= 11 is 0. The molecule has 0 aliphatic carbocycles. The van der Waals surface area contributed by atoms with Crippen molar-refractivity contribution in [2.24, 2.45) is 5.41 Å². The molecule has 5 nitrogen and oxygen atoms in total. The van der Waals surface area contributed by atoms with E-state index in [4.69, 9.17) is 13.9 Å². The molecule has 1 saturated heterocycles. The van der Waals surface area contributed by atoms with Crippen LogP contribution in [-0.2, 0) is 9.16 Å². The summed E-state index contributed by atoms with van der Waals surface area (Å²) in [6, 6.07) is 5.93. The van der Waals surface area contributed by atoms with Gasteiger partial charge in [-0.3, -0.25) is 4.90 Å². The lowest BCUT2D eigenvalue weighted by Gasteiger charge is -2.42. The largest absolute Gasteiger partial charge is 0.490 e. The van der Waals surface area contributed by atoms with Gasteiger partial charge in [0, 0.05) is 6.07 Å². The maximum absolute atomic E-state index is 13.2. The zero-order valence-electron chi connectivity index (χ0n) is 16.5. The highest BCUT2D eigenvalue weighted by atomic mass is 28.3. The Morgan fingerprint density at radius 2 is 2.00 bits per heavy atom. The van der Waals surface area contributed by atoms with Crippen LogP contribution in [0.1, 0.15) is 34.1 Å². The van der Waals surface area contributed by atoms with Gasteiger partial charge in [0.25, 0.3) is 0 Å². The van der Waals surface area contributed by atoms with Crippen LogP contribution in [0, 0.1) is 11.2 Å². The lowest BCUT2D eigenvalue weighted by molar-refractivity contribution is -0.0663. The topological polar surface area (TPSA) is 48.0 Å². The number of ether oxygens (including phenoxy) is 2. The predicted molar refractivity (Wildman–Crippen MR) is 101 cm³/mol. The molecule has 0 radical (unpaired) electrons. The third kappa shape index (κ3) is 5.70. The van der Waals surface area contributed by atoms with Gasteiger partial charge in [0.2, 0.25) is 0 Å². The van der Waals surface area contributed by atoms with Crippen molar-refractivity contribution in [2.45, 2.75) is 59.0 Å². The first kappa shape index (κ1) is 20.7. The van der Waals surface area contributed by atoms with E-state index < -0.39 is 20.9 Å². The normalized spacial score (nSPS) is 20.2. The van der Waals surface area contributed by atoms with Gasteiger partial charge in [0.15, 0.2) is 15.1 Å². The third-order valence-electron chi connectivity index (χ3n) is 4.02. The Morgan fingerprint density at radius 3 is 2.58 bits per heavy atom. The molecule has 0 aromatic heterocycles. The van der Waals surface area contributed by atoms with Gasteiger partial charge in [-0.1, -0.05) is 26.8 Å². The van der Waals surface area contributed by atoms with Gasteiger partial charge in [-0.2, -0.15) is 0 Å². The first-order chi connectivity index (χ1) is 12.0. The lowest BCUT2D eigenvalue weighted by Crippen LogP contribution is -2.53. The average molecular weight is 384 g/mol. The van der Waals surface area contributed by atoms with Crippen molar-refractivity contribution in [1.82, 2.24) is 4.90 Å². The summed E-state index contributed by atoms with van der Waals surface area (Å²) < 4.78 is 30.6. The predicted octanol–water partition coefficient (Wildman–Crippen LogP) is 4.18. The molecule has 1 heterocycles. The summed E-state index contributed by atoms with van der Waals surface area (Å²) in [6.45, 7) is 13.1. The molecule has 1 aromatic rings. The number of carbonyl (C=O) groups is 1. The maximum Gasteiger partial charge on any atom is 0.412 e. The van der Waals surface area contributed by atoms with Crippen LogP contribution >= 0.6 is 0 Å². The molecule has 0 saturated carbocycles. The van der Waals surface area contributed by atoms with Crippen molar-refractivity contribution in [3.05, 3.63) is 30.1 Å². The molecule has 0 spiro atoms. The fourth-order valence-electron chi connectivity index (χ4n) is 3.43. The van der Waals surface area contributed by atoms with E-state index in [1.165, 1.54) is 12.1 Å².